The normalized spacial score (nSPS) is 19.4. The van der Waals surface area contributed by atoms with Gasteiger partial charge in [0.05, 0.1) is 17.6 Å². The summed E-state index contributed by atoms with van der Waals surface area (Å²) in [5.74, 6) is 0.104. The maximum Gasteiger partial charge on any atom is 0.234 e. The Morgan fingerprint density at radius 3 is 2.39 bits per heavy atom. The van der Waals surface area contributed by atoms with E-state index in [1.54, 1.807) is 0 Å². The first-order valence-electron chi connectivity index (χ1n) is 6.60. The summed E-state index contributed by atoms with van der Waals surface area (Å²) in [5.41, 5.74) is 5.75. The van der Waals surface area contributed by atoms with E-state index >= 15 is 0 Å². The Hall–Kier alpha value is -0.720. The Morgan fingerprint density at radius 1 is 1.33 bits per heavy atom. The van der Waals surface area contributed by atoms with Gasteiger partial charge in [0.2, 0.25) is 5.91 Å². The molecule has 0 saturated carbocycles. The van der Waals surface area contributed by atoms with E-state index in [2.05, 4.69) is 22.0 Å². The van der Waals surface area contributed by atoms with Crippen molar-refractivity contribution in [2.75, 3.05) is 39.3 Å². The van der Waals surface area contributed by atoms with Gasteiger partial charge >= 0.3 is 0 Å². The van der Waals surface area contributed by atoms with E-state index in [1.165, 1.54) is 0 Å². The minimum absolute atomic E-state index is 0.104. The van der Waals surface area contributed by atoms with Gasteiger partial charge in [-0.3, -0.25) is 14.6 Å². The molecular formula is C12H24N4OS. The van der Waals surface area contributed by atoms with Crippen molar-refractivity contribution < 1.29 is 4.79 Å². The molecule has 3 N–H and O–H groups in total. The summed E-state index contributed by atoms with van der Waals surface area (Å²) < 4.78 is 0. The lowest BCUT2D eigenvalue weighted by Gasteiger charge is -2.38. The number of amides is 1. The number of rotatable bonds is 6. The number of carbonyl (C=O) groups excluding carboxylic acids is 1. The van der Waals surface area contributed by atoms with Crippen molar-refractivity contribution in [3.05, 3.63) is 0 Å². The Balaban J connectivity index is 2.36. The van der Waals surface area contributed by atoms with Gasteiger partial charge in [-0.05, 0) is 13.3 Å². The molecule has 0 aliphatic carbocycles. The van der Waals surface area contributed by atoms with Crippen LogP contribution in [-0.2, 0) is 4.79 Å². The van der Waals surface area contributed by atoms with Gasteiger partial charge in [-0.25, -0.2) is 0 Å². The first-order valence-corrected chi connectivity index (χ1v) is 7.01. The molecule has 0 radical (unpaired) electrons. The van der Waals surface area contributed by atoms with Crippen LogP contribution >= 0.6 is 12.2 Å². The van der Waals surface area contributed by atoms with Crippen molar-refractivity contribution >= 4 is 23.1 Å². The predicted molar refractivity (Wildman–Crippen MR) is 77.6 cm³/mol. The van der Waals surface area contributed by atoms with E-state index in [9.17, 15) is 4.79 Å². The second-order valence-corrected chi connectivity index (χ2v) is 5.06. The summed E-state index contributed by atoms with van der Waals surface area (Å²) in [6, 6.07) is 0.201. The van der Waals surface area contributed by atoms with E-state index in [-0.39, 0.29) is 11.9 Å². The van der Waals surface area contributed by atoms with Crippen LogP contribution in [-0.4, -0.2) is 66.0 Å². The number of hydrogen-bond donors (Lipinski definition) is 2. The molecule has 1 saturated heterocycles. The molecule has 1 atom stereocenters. The third kappa shape index (κ3) is 4.51. The number of nitrogens with two attached hydrogens (primary N) is 1. The second kappa shape index (κ2) is 7.66. The molecule has 18 heavy (non-hydrogen) atoms. The average molecular weight is 272 g/mol. The maximum atomic E-state index is 11.5. The summed E-state index contributed by atoms with van der Waals surface area (Å²) in [5, 5.41) is 2.82. The fourth-order valence-electron chi connectivity index (χ4n) is 2.33. The van der Waals surface area contributed by atoms with Crippen molar-refractivity contribution in [1.82, 2.24) is 15.1 Å². The molecule has 0 bridgehead atoms. The Bertz CT molecular complexity index is 290. The fourth-order valence-corrected chi connectivity index (χ4v) is 2.64. The van der Waals surface area contributed by atoms with Gasteiger partial charge in [-0.1, -0.05) is 19.1 Å². The van der Waals surface area contributed by atoms with E-state index in [0.717, 1.165) is 32.6 Å². The van der Waals surface area contributed by atoms with Crippen molar-refractivity contribution in [1.29, 1.82) is 0 Å². The smallest absolute Gasteiger partial charge is 0.234 e. The van der Waals surface area contributed by atoms with Crippen molar-refractivity contribution in [3.63, 3.8) is 0 Å². The highest BCUT2D eigenvalue weighted by molar-refractivity contribution is 7.80. The highest BCUT2D eigenvalue weighted by atomic mass is 32.1. The molecule has 1 fully saturated rings. The zero-order valence-electron chi connectivity index (χ0n) is 11.3. The summed E-state index contributed by atoms with van der Waals surface area (Å²) in [6.07, 6.45) is 0.950. The minimum Gasteiger partial charge on any atom is -0.392 e. The van der Waals surface area contributed by atoms with Crippen LogP contribution in [0.3, 0.4) is 0 Å². The molecule has 5 nitrogen and oxygen atoms in total. The summed E-state index contributed by atoms with van der Waals surface area (Å²) in [4.78, 5) is 16.6. The molecule has 0 aromatic rings. The van der Waals surface area contributed by atoms with E-state index in [0.29, 0.717) is 18.1 Å². The number of likely N-dealkylation sites (N-methyl/N-ethyl adjacent to an activating group) is 1. The zero-order valence-corrected chi connectivity index (χ0v) is 12.1. The van der Waals surface area contributed by atoms with E-state index < -0.39 is 0 Å². The highest BCUT2D eigenvalue weighted by Gasteiger charge is 2.24. The lowest BCUT2D eigenvalue weighted by molar-refractivity contribution is -0.122. The number of nitrogens with zero attached hydrogens (tertiary/aromatic N) is 2. The molecule has 6 heteroatoms. The number of piperazine rings is 1. The van der Waals surface area contributed by atoms with Gasteiger partial charge in [0.15, 0.2) is 0 Å². The molecule has 0 spiro atoms. The highest BCUT2D eigenvalue weighted by Crippen LogP contribution is 2.09. The summed E-state index contributed by atoms with van der Waals surface area (Å²) in [7, 11) is 0. The van der Waals surface area contributed by atoms with E-state index in [1.807, 2.05) is 6.92 Å². The summed E-state index contributed by atoms with van der Waals surface area (Å²) in [6.45, 7) is 8.87. The van der Waals surface area contributed by atoms with Gasteiger partial charge in [-0.15, -0.1) is 0 Å². The van der Waals surface area contributed by atoms with Crippen LogP contribution in [0.1, 0.15) is 20.3 Å². The number of carbonyl (C=O) groups is 1. The average Bonchev–Trinajstić information content (AvgIpc) is 2.32. The Kier molecular flexibility index (Phi) is 6.52. The minimum atomic E-state index is 0.104. The molecular weight excluding hydrogens is 248 g/mol. The quantitative estimate of drug-likeness (QED) is 0.656. The number of nitrogens with one attached hydrogen (secondary N) is 1. The van der Waals surface area contributed by atoms with Crippen LogP contribution in [0.5, 0.6) is 0 Å². The zero-order chi connectivity index (χ0) is 13.5. The third-order valence-electron chi connectivity index (χ3n) is 3.30. The molecule has 104 valence electrons. The molecule has 0 aromatic heterocycles. The lowest BCUT2D eigenvalue weighted by atomic mass is 10.1. The van der Waals surface area contributed by atoms with Crippen LogP contribution in [0.15, 0.2) is 0 Å². The monoisotopic (exact) mass is 272 g/mol. The molecule has 0 aromatic carbocycles. The van der Waals surface area contributed by atoms with Crippen molar-refractivity contribution in [3.8, 4) is 0 Å². The largest absolute Gasteiger partial charge is 0.392 e. The van der Waals surface area contributed by atoms with Crippen molar-refractivity contribution in [2.24, 2.45) is 5.73 Å². The van der Waals surface area contributed by atoms with Gasteiger partial charge < -0.3 is 11.1 Å². The molecule has 1 rings (SSSR count). The SMILES string of the molecule is CCNC(=O)CN1CCN(C(CC)C(N)=S)CC1. The first kappa shape index (κ1) is 15.3. The van der Waals surface area contributed by atoms with Crippen LogP contribution < -0.4 is 11.1 Å². The summed E-state index contributed by atoms with van der Waals surface area (Å²) >= 11 is 5.09. The van der Waals surface area contributed by atoms with Gasteiger partial charge in [0.25, 0.3) is 0 Å². The van der Waals surface area contributed by atoms with Crippen LogP contribution in [0, 0.1) is 0 Å². The van der Waals surface area contributed by atoms with Crippen molar-refractivity contribution in [2.45, 2.75) is 26.3 Å². The molecule has 1 heterocycles. The molecule has 1 aliphatic rings. The molecule has 1 unspecified atom stereocenters. The Morgan fingerprint density at radius 2 is 1.94 bits per heavy atom. The van der Waals surface area contributed by atoms with Gasteiger partial charge in [0, 0.05) is 32.7 Å². The first-order chi connectivity index (χ1) is 8.58. The van der Waals surface area contributed by atoms with Gasteiger partial charge in [0.1, 0.15) is 0 Å². The van der Waals surface area contributed by atoms with Crippen LogP contribution in [0.4, 0.5) is 0 Å². The second-order valence-electron chi connectivity index (χ2n) is 4.59. The fraction of sp³-hybridized carbons (Fsp3) is 0.833. The van der Waals surface area contributed by atoms with Crippen LogP contribution in [0.25, 0.3) is 0 Å². The topological polar surface area (TPSA) is 61.6 Å². The Labute approximate surface area is 115 Å². The maximum absolute atomic E-state index is 11.5. The number of thiocarbonyl (C=S) groups is 1. The number of hydrogen-bond acceptors (Lipinski definition) is 4. The molecule has 1 aliphatic heterocycles. The molecule has 1 amide bonds. The van der Waals surface area contributed by atoms with Gasteiger partial charge in [-0.2, -0.15) is 0 Å². The predicted octanol–water partition coefficient (Wildman–Crippen LogP) is -0.195. The van der Waals surface area contributed by atoms with Crippen LogP contribution in [0.2, 0.25) is 0 Å². The third-order valence-corrected chi connectivity index (χ3v) is 3.58. The lowest BCUT2D eigenvalue weighted by Crippen LogP contribution is -2.54. The standard InChI is InChI=1S/C12H24N4OS/c1-3-10(12(13)18)16-7-5-15(6-8-16)9-11(17)14-4-2/h10H,3-9H2,1-2H3,(H2,13,18)(H,14,17). The van der Waals surface area contributed by atoms with E-state index in [4.69, 9.17) is 18.0 Å².